The van der Waals surface area contributed by atoms with Crippen LogP contribution in [0.3, 0.4) is 0 Å². The lowest BCUT2D eigenvalue weighted by atomic mass is 10.1. The highest BCUT2D eigenvalue weighted by Gasteiger charge is 2.10. The van der Waals surface area contributed by atoms with Gasteiger partial charge in [0.1, 0.15) is 6.33 Å². The van der Waals surface area contributed by atoms with E-state index in [1.54, 1.807) is 12.5 Å². The molecule has 1 aliphatic heterocycles. The first-order valence-corrected chi connectivity index (χ1v) is 7.71. The van der Waals surface area contributed by atoms with Gasteiger partial charge in [0.15, 0.2) is 0 Å². The molecule has 0 radical (unpaired) electrons. The van der Waals surface area contributed by atoms with Gasteiger partial charge in [-0.1, -0.05) is 12.1 Å². The Bertz CT molecular complexity index is 532. The first kappa shape index (κ1) is 14.0. The fourth-order valence-corrected chi connectivity index (χ4v) is 2.73. The molecule has 2 heterocycles. The number of rotatable bonds is 5. The Hall–Kier alpha value is -1.94. The Morgan fingerprint density at radius 2 is 1.76 bits per heavy atom. The lowest BCUT2D eigenvalue weighted by Gasteiger charge is -2.28. The normalized spacial score (nSPS) is 15.1. The quantitative estimate of drug-likeness (QED) is 0.915. The first-order valence-electron chi connectivity index (χ1n) is 7.71. The predicted molar refractivity (Wildman–Crippen MR) is 85.1 cm³/mol. The molecule has 3 rings (SSSR count). The molecular formula is C17H22N4. The second kappa shape index (κ2) is 7.18. The minimum Gasteiger partial charge on any atom is -0.372 e. The number of nitrogens with zero attached hydrogens (tertiary/aromatic N) is 3. The molecule has 110 valence electrons. The number of anilines is 1. The topological polar surface area (TPSA) is 41.0 Å². The second-order valence-electron chi connectivity index (χ2n) is 5.52. The van der Waals surface area contributed by atoms with Crippen molar-refractivity contribution in [3.8, 4) is 0 Å². The van der Waals surface area contributed by atoms with Gasteiger partial charge in [-0.15, -0.1) is 0 Å². The lowest BCUT2D eigenvalue weighted by molar-refractivity contribution is 0.578. The lowest BCUT2D eigenvalue weighted by Crippen LogP contribution is -2.29. The van der Waals surface area contributed by atoms with Crippen molar-refractivity contribution in [2.75, 3.05) is 18.0 Å². The largest absolute Gasteiger partial charge is 0.372 e. The molecule has 1 aromatic heterocycles. The van der Waals surface area contributed by atoms with E-state index in [1.807, 2.05) is 6.07 Å². The van der Waals surface area contributed by atoms with Crippen molar-refractivity contribution >= 4 is 5.69 Å². The van der Waals surface area contributed by atoms with Crippen LogP contribution in [0.1, 0.15) is 30.5 Å². The SMILES string of the molecule is c1cc(CNCc2ccc(N3CCCCC3)cc2)ncn1. The molecule has 2 aromatic rings. The molecule has 0 bridgehead atoms. The van der Waals surface area contributed by atoms with E-state index in [0.717, 1.165) is 18.8 Å². The maximum absolute atomic E-state index is 4.20. The Labute approximate surface area is 126 Å². The summed E-state index contributed by atoms with van der Waals surface area (Å²) in [5.74, 6) is 0. The third kappa shape index (κ3) is 4.02. The van der Waals surface area contributed by atoms with Crippen molar-refractivity contribution in [1.82, 2.24) is 15.3 Å². The van der Waals surface area contributed by atoms with E-state index in [2.05, 4.69) is 44.5 Å². The zero-order chi connectivity index (χ0) is 14.3. The fourth-order valence-electron chi connectivity index (χ4n) is 2.73. The van der Waals surface area contributed by atoms with Gasteiger partial charge >= 0.3 is 0 Å². The second-order valence-corrected chi connectivity index (χ2v) is 5.52. The summed E-state index contributed by atoms with van der Waals surface area (Å²) in [6, 6.07) is 10.9. The number of piperidine rings is 1. The van der Waals surface area contributed by atoms with E-state index in [1.165, 1.54) is 43.6 Å². The minimum absolute atomic E-state index is 0.774. The molecule has 21 heavy (non-hydrogen) atoms. The third-order valence-corrected chi connectivity index (χ3v) is 3.94. The van der Waals surface area contributed by atoms with Crippen LogP contribution in [0.5, 0.6) is 0 Å². The number of nitrogens with one attached hydrogen (secondary N) is 1. The third-order valence-electron chi connectivity index (χ3n) is 3.94. The molecule has 1 aromatic carbocycles. The van der Waals surface area contributed by atoms with Crippen molar-refractivity contribution in [2.24, 2.45) is 0 Å². The molecule has 0 atom stereocenters. The van der Waals surface area contributed by atoms with Gasteiger partial charge in [0.2, 0.25) is 0 Å². The van der Waals surface area contributed by atoms with Gasteiger partial charge in [0.05, 0.1) is 5.69 Å². The summed E-state index contributed by atoms with van der Waals surface area (Å²) in [6.07, 6.45) is 7.38. The van der Waals surface area contributed by atoms with E-state index in [-0.39, 0.29) is 0 Å². The van der Waals surface area contributed by atoms with E-state index in [0.29, 0.717) is 0 Å². The molecule has 0 spiro atoms. The summed E-state index contributed by atoms with van der Waals surface area (Å²) in [4.78, 5) is 10.6. The zero-order valence-electron chi connectivity index (χ0n) is 12.3. The van der Waals surface area contributed by atoms with Gasteiger partial charge in [-0.25, -0.2) is 9.97 Å². The van der Waals surface area contributed by atoms with Crippen molar-refractivity contribution in [3.63, 3.8) is 0 Å². The molecule has 0 aliphatic carbocycles. The Balaban J connectivity index is 1.50. The highest BCUT2D eigenvalue weighted by Crippen LogP contribution is 2.20. The van der Waals surface area contributed by atoms with E-state index in [9.17, 15) is 0 Å². The Kier molecular flexibility index (Phi) is 4.79. The molecule has 4 heteroatoms. The van der Waals surface area contributed by atoms with Crippen LogP contribution in [0.2, 0.25) is 0 Å². The summed E-state index contributed by atoms with van der Waals surface area (Å²) in [7, 11) is 0. The smallest absolute Gasteiger partial charge is 0.115 e. The molecule has 1 aliphatic rings. The van der Waals surface area contributed by atoms with Crippen LogP contribution >= 0.6 is 0 Å². The van der Waals surface area contributed by atoms with Gasteiger partial charge < -0.3 is 10.2 Å². The summed E-state index contributed by atoms with van der Waals surface area (Å²) >= 11 is 0. The molecule has 1 saturated heterocycles. The molecule has 4 nitrogen and oxygen atoms in total. The van der Waals surface area contributed by atoms with E-state index in [4.69, 9.17) is 0 Å². The van der Waals surface area contributed by atoms with E-state index < -0.39 is 0 Å². The van der Waals surface area contributed by atoms with Gasteiger partial charge in [0, 0.05) is 38.1 Å². The van der Waals surface area contributed by atoms with Crippen LogP contribution < -0.4 is 10.2 Å². The molecule has 1 N–H and O–H groups in total. The maximum atomic E-state index is 4.20. The average Bonchev–Trinajstić information content (AvgIpc) is 2.57. The summed E-state index contributed by atoms with van der Waals surface area (Å²) in [5.41, 5.74) is 3.69. The minimum atomic E-state index is 0.774. The number of aromatic nitrogens is 2. The average molecular weight is 282 g/mol. The van der Waals surface area contributed by atoms with Crippen molar-refractivity contribution < 1.29 is 0 Å². The van der Waals surface area contributed by atoms with Crippen molar-refractivity contribution in [2.45, 2.75) is 32.4 Å². The van der Waals surface area contributed by atoms with Gasteiger partial charge in [-0.3, -0.25) is 0 Å². The maximum Gasteiger partial charge on any atom is 0.115 e. The summed E-state index contributed by atoms with van der Waals surface area (Å²) in [6.45, 7) is 4.04. The van der Waals surface area contributed by atoms with Gasteiger partial charge in [-0.2, -0.15) is 0 Å². The van der Waals surface area contributed by atoms with Crippen LogP contribution in [-0.2, 0) is 13.1 Å². The summed E-state index contributed by atoms with van der Waals surface area (Å²) < 4.78 is 0. The highest BCUT2D eigenvalue weighted by atomic mass is 15.1. The Morgan fingerprint density at radius 1 is 0.952 bits per heavy atom. The van der Waals surface area contributed by atoms with Gasteiger partial charge in [0.25, 0.3) is 0 Å². The molecule has 0 saturated carbocycles. The number of benzene rings is 1. The van der Waals surface area contributed by atoms with Crippen LogP contribution in [-0.4, -0.2) is 23.1 Å². The van der Waals surface area contributed by atoms with Crippen molar-refractivity contribution in [1.29, 1.82) is 0 Å². The summed E-state index contributed by atoms with van der Waals surface area (Å²) in [5, 5.41) is 3.41. The van der Waals surface area contributed by atoms with Crippen LogP contribution in [0, 0.1) is 0 Å². The van der Waals surface area contributed by atoms with Crippen LogP contribution in [0.15, 0.2) is 42.9 Å². The molecular weight excluding hydrogens is 260 g/mol. The zero-order valence-corrected chi connectivity index (χ0v) is 12.3. The van der Waals surface area contributed by atoms with Gasteiger partial charge in [-0.05, 0) is 43.0 Å². The highest BCUT2D eigenvalue weighted by molar-refractivity contribution is 5.47. The number of hydrogen-bond acceptors (Lipinski definition) is 4. The number of hydrogen-bond donors (Lipinski definition) is 1. The first-order chi connectivity index (χ1) is 10.4. The standard InChI is InChI=1S/C17H22N4/c1-2-10-21(11-3-1)17-6-4-15(5-7-17)12-19-13-16-8-9-18-14-20-16/h4-9,14,19H,1-3,10-13H2. The molecule has 1 fully saturated rings. The van der Waals surface area contributed by atoms with Crippen LogP contribution in [0.4, 0.5) is 5.69 Å². The predicted octanol–water partition coefficient (Wildman–Crippen LogP) is 2.76. The fraction of sp³-hybridized carbons (Fsp3) is 0.412. The van der Waals surface area contributed by atoms with Crippen molar-refractivity contribution in [3.05, 3.63) is 54.1 Å². The monoisotopic (exact) mass is 282 g/mol. The Morgan fingerprint density at radius 3 is 2.48 bits per heavy atom. The molecule has 0 amide bonds. The molecule has 0 unspecified atom stereocenters. The van der Waals surface area contributed by atoms with E-state index >= 15 is 0 Å². The van der Waals surface area contributed by atoms with Crippen LogP contribution in [0.25, 0.3) is 0 Å².